The molecule has 1 atom stereocenters. The van der Waals surface area contributed by atoms with Crippen molar-refractivity contribution in [2.24, 2.45) is 0 Å². The van der Waals surface area contributed by atoms with Gasteiger partial charge in [-0.25, -0.2) is 9.97 Å². The van der Waals surface area contributed by atoms with Gasteiger partial charge in [-0.2, -0.15) is 0 Å². The Kier molecular flexibility index (Phi) is 4.84. The van der Waals surface area contributed by atoms with E-state index in [1.807, 2.05) is 11.8 Å². The molecule has 0 saturated carbocycles. The van der Waals surface area contributed by atoms with Gasteiger partial charge >= 0.3 is 0 Å². The number of carbonyl (C=O) groups excluding carboxylic acids is 2. The molecule has 7 nitrogen and oxygen atoms in total. The van der Waals surface area contributed by atoms with Crippen molar-refractivity contribution in [2.45, 2.75) is 39.3 Å². The number of rotatable bonds is 4. The van der Waals surface area contributed by atoms with E-state index < -0.39 is 0 Å². The van der Waals surface area contributed by atoms with Crippen LogP contribution in [0.25, 0.3) is 0 Å². The quantitative estimate of drug-likeness (QED) is 0.914. The molecule has 126 valence electrons. The van der Waals surface area contributed by atoms with Crippen molar-refractivity contribution in [3.63, 3.8) is 0 Å². The predicted octanol–water partition coefficient (Wildman–Crippen LogP) is 1.85. The summed E-state index contributed by atoms with van der Waals surface area (Å²) in [6.07, 6.45) is 5.12. The van der Waals surface area contributed by atoms with Crippen LogP contribution in [0.4, 0.5) is 0 Å². The van der Waals surface area contributed by atoms with E-state index in [2.05, 4.69) is 20.3 Å². The standard InChI is InChI=1S/C16H19N5O2S/c1-10-18-6-12(7-19-11(2)22)15(20-10)13-4-3-5-21(13)16(23)14-8-17-9-24-14/h6,8-9,13H,3-5,7H2,1-2H3,(H,19,22)/t13-/m1/s1. The van der Waals surface area contributed by atoms with Crippen LogP contribution in [0.15, 0.2) is 17.9 Å². The molecular formula is C16H19N5O2S. The first-order chi connectivity index (χ1) is 11.6. The molecule has 2 aromatic heterocycles. The van der Waals surface area contributed by atoms with Gasteiger partial charge in [-0.05, 0) is 19.8 Å². The number of aryl methyl sites for hydroxylation is 1. The smallest absolute Gasteiger partial charge is 0.266 e. The van der Waals surface area contributed by atoms with Gasteiger partial charge in [-0.15, -0.1) is 11.3 Å². The zero-order valence-corrected chi connectivity index (χ0v) is 14.5. The summed E-state index contributed by atoms with van der Waals surface area (Å²) in [4.78, 5) is 39.3. The van der Waals surface area contributed by atoms with Gasteiger partial charge in [0.2, 0.25) is 5.91 Å². The lowest BCUT2D eigenvalue weighted by Gasteiger charge is -2.25. The molecule has 0 radical (unpaired) electrons. The third kappa shape index (κ3) is 3.43. The Morgan fingerprint density at radius 3 is 2.96 bits per heavy atom. The topological polar surface area (TPSA) is 88.1 Å². The molecule has 8 heteroatoms. The van der Waals surface area contributed by atoms with Gasteiger partial charge in [0.1, 0.15) is 10.7 Å². The van der Waals surface area contributed by atoms with Crippen LogP contribution >= 0.6 is 11.3 Å². The molecule has 1 fully saturated rings. The number of nitrogens with one attached hydrogen (secondary N) is 1. The monoisotopic (exact) mass is 345 g/mol. The zero-order chi connectivity index (χ0) is 17.1. The lowest BCUT2D eigenvalue weighted by Crippen LogP contribution is -2.32. The Balaban J connectivity index is 1.90. The van der Waals surface area contributed by atoms with Gasteiger partial charge in [0.25, 0.3) is 5.91 Å². The maximum Gasteiger partial charge on any atom is 0.266 e. The minimum atomic E-state index is -0.106. The maximum absolute atomic E-state index is 12.7. The summed E-state index contributed by atoms with van der Waals surface area (Å²) in [6.45, 7) is 4.37. The lowest BCUT2D eigenvalue weighted by atomic mass is 10.1. The van der Waals surface area contributed by atoms with Crippen molar-refractivity contribution < 1.29 is 9.59 Å². The second-order valence-corrected chi connectivity index (χ2v) is 6.65. The van der Waals surface area contributed by atoms with Crippen molar-refractivity contribution in [1.82, 2.24) is 25.2 Å². The molecule has 0 aromatic carbocycles. The number of nitrogens with zero attached hydrogens (tertiary/aromatic N) is 4. The van der Waals surface area contributed by atoms with E-state index in [4.69, 9.17) is 0 Å². The maximum atomic E-state index is 12.7. The lowest BCUT2D eigenvalue weighted by molar-refractivity contribution is -0.119. The summed E-state index contributed by atoms with van der Waals surface area (Å²) in [5, 5.41) is 2.79. The molecule has 1 saturated heterocycles. The van der Waals surface area contributed by atoms with Crippen LogP contribution in [0.1, 0.15) is 52.6 Å². The summed E-state index contributed by atoms with van der Waals surface area (Å²) in [5.41, 5.74) is 3.34. The van der Waals surface area contributed by atoms with Gasteiger partial charge in [0.05, 0.1) is 23.4 Å². The van der Waals surface area contributed by atoms with Gasteiger partial charge in [-0.1, -0.05) is 0 Å². The molecule has 1 aliphatic rings. The molecule has 0 spiro atoms. The van der Waals surface area contributed by atoms with Crippen LogP contribution in [0.3, 0.4) is 0 Å². The molecule has 1 aliphatic heterocycles. The Labute approximate surface area is 144 Å². The van der Waals surface area contributed by atoms with Gasteiger partial charge in [-0.3, -0.25) is 14.6 Å². The van der Waals surface area contributed by atoms with Crippen molar-refractivity contribution in [2.75, 3.05) is 6.54 Å². The average molecular weight is 345 g/mol. The fourth-order valence-corrected chi connectivity index (χ4v) is 3.49. The highest BCUT2D eigenvalue weighted by Crippen LogP contribution is 2.34. The van der Waals surface area contributed by atoms with E-state index in [9.17, 15) is 9.59 Å². The minimum absolute atomic E-state index is 0.0123. The van der Waals surface area contributed by atoms with Crippen molar-refractivity contribution in [3.8, 4) is 0 Å². The molecule has 24 heavy (non-hydrogen) atoms. The van der Waals surface area contributed by atoms with E-state index in [1.54, 1.807) is 17.9 Å². The minimum Gasteiger partial charge on any atom is -0.352 e. The number of hydrogen-bond acceptors (Lipinski definition) is 6. The molecule has 2 aromatic rings. The first-order valence-electron chi connectivity index (χ1n) is 7.82. The van der Waals surface area contributed by atoms with Crippen molar-refractivity contribution in [1.29, 1.82) is 0 Å². The zero-order valence-electron chi connectivity index (χ0n) is 13.7. The Hall–Kier alpha value is -2.35. The molecule has 0 unspecified atom stereocenters. The third-order valence-corrected chi connectivity index (χ3v) is 4.78. The third-order valence-electron chi connectivity index (χ3n) is 4.02. The Bertz CT molecular complexity index is 747. The first kappa shape index (κ1) is 16.5. The Morgan fingerprint density at radius 2 is 2.25 bits per heavy atom. The van der Waals surface area contributed by atoms with Gasteiger partial charge < -0.3 is 10.2 Å². The fraction of sp³-hybridized carbons (Fsp3) is 0.438. The van der Waals surface area contributed by atoms with E-state index in [0.29, 0.717) is 23.8 Å². The summed E-state index contributed by atoms with van der Waals surface area (Å²) in [7, 11) is 0. The number of hydrogen-bond donors (Lipinski definition) is 1. The van der Waals surface area contributed by atoms with Gasteiger partial charge in [0.15, 0.2) is 0 Å². The summed E-state index contributed by atoms with van der Waals surface area (Å²) in [6, 6.07) is -0.0925. The molecule has 0 aliphatic carbocycles. The predicted molar refractivity (Wildman–Crippen MR) is 89.4 cm³/mol. The fourth-order valence-electron chi connectivity index (χ4n) is 2.91. The second kappa shape index (κ2) is 7.04. The number of likely N-dealkylation sites (tertiary alicyclic amines) is 1. The number of amides is 2. The van der Waals surface area contributed by atoms with E-state index >= 15 is 0 Å². The van der Waals surface area contributed by atoms with Gasteiger partial charge in [0, 0.05) is 31.8 Å². The first-order valence-corrected chi connectivity index (χ1v) is 8.70. The molecule has 3 heterocycles. The highest BCUT2D eigenvalue weighted by molar-refractivity contribution is 7.11. The van der Waals surface area contributed by atoms with Crippen LogP contribution in [-0.2, 0) is 11.3 Å². The van der Waals surface area contributed by atoms with Crippen LogP contribution in [0, 0.1) is 6.92 Å². The average Bonchev–Trinajstić information content (AvgIpc) is 3.24. The molecule has 3 rings (SSSR count). The van der Waals surface area contributed by atoms with E-state index in [0.717, 1.165) is 24.1 Å². The highest BCUT2D eigenvalue weighted by atomic mass is 32.1. The summed E-state index contributed by atoms with van der Waals surface area (Å²) in [5.74, 6) is 0.543. The number of carbonyl (C=O) groups is 2. The largest absolute Gasteiger partial charge is 0.352 e. The summed E-state index contributed by atoms with van der Waals surface area (Å²) >= 11 is 1.34. The number of thiazole rings is 1. The van der Waals surface area contributed by atoms with Crippen molar-refractivity contribution >= 4 is 23.2 Å². The Morgan fingerprint density at radius 1 is 1.42 bits per heavy atom. The summed E-state index contributed by atoms with van der Waals surface area (Å²) < 4.78 is 0. The molecule has 1 N–H and O–H groups in total. The highest BCUT2D eigenvalue weighted by Gasteiger charge is 2.33. The van der Waals surface area contributed by atoms with Crippen LogP contribution < -0.4 is 5.32 Å². The molecular weight excluding hydrogens is 326 g/mol. The molecule has 0 bridgehead atoms. The van der Waals surface area contributed by atoms with Crippen molar-refractivity contribution in [3.05, 3.63) is 39.9 Å². The van der Waals surface area contributed by atoms with Crippen LogP contribution in [-0.4, -0.2) is 38.2 Å². The normalized spacial score (nSPS) is 17.1. The SMILES string of the molecule is CC(=O)NCc1cnc(C)nc1[C@H]1CCCN1C(=O)c1cncs1. The second-order valence-electron chi connectivity index (χ2n) is 5.76. The number of aromatic nitrogens is 3. The van der Waals surface area contributed by atoms with Crippen LogP contribution in [0.2, 0.25) is 0 Å². The van der Waals surface area contributed by atoms with E-state index in [-0.39, 0.29) is 17.9 Å². The van der Waals surface area contributed by atoms with E-state index in [1.165, 1.54) is 18.3 Å². The molecule has 2 amide bonds. The van der Waals surface area contributed by atoms with Crippen LogP contribution in [0.5, 0.6) is 0 Å².